The van der Waals surface area contributed by atoms with Gasteiger partial charge in [-0.2, -0.15) is 5.10 Å². The maximum absolute atomic E-state index is 13.3. The number of ether oxygens (including phenoxy) is 1. The van der Waals surface area contributed by atoms with Crippen LogP contribution in [0.2, 0.25) is 10.0 Å². The van der Waals surface area contributed by atoms with Crippen LogP contribution < -0.4 is 10.1 Å². The van der Waals surface area contributed by atoms with Crippen LogP contribution in [0.1, 0.15) is 21.6 Å². The van der Waals surface area contributed by atoms with Crippen LogP contribution in [0.25, 0.3) is 16.9 Å². The molecule has 4 rings (SSSR count). The van der Waals surface area contributed by atoms with E-state index in [4.69, 9.17) is 27.9 Å². The van der Waals surface area contributed by atoms with Crippen LogP contribution in [0.4, 0.5) is 5.69 Å². The summed E-state index contributed by atoms with van der Waals surface area (Å²) in [5, 5.41) is 8.46. The van der Waals surface area contributed by atoms with Crippen molar-refractivity contribution in [2.24, 2.45) is 0 Å². The van der Waals surface area contributed by atoms with Gasteiger partial charge in [-0.25, -0.2) is 4.68 Å². The van der Waals surface area contributed by atoms with E-state index < -0.39 is 0 Å². The summed E-state index contributed by atoms with van der Waals surface area (Å²) in [5.41, 5.74) is 5.46. The fourth-order valence-electron chi connectivity index (χ4n) is 3.27. The van der Waals surface area contributed by atoms with Gasteiger partial charge >= 0.3 is 0 Å². The van der Waals surface area contributed by atoms with E-state index in [1.807, 2.05) is 56.3 Å². The first-order valence-corrected chi connectivity index (χ1v) is 10.7. The minimum atomic E-state index is -0.286. The Morgan fingerprint density at radius 3 is 2.31 bits per heavy atom. The van der Waals surface area contributed by atoms with Crippen LogP contribution in [-0.4, -0.2) is 22.8 Å². The number of carbonyl (C=O) groups is 1. The Bertz CT molecular complexity index is 1300. The summed E-state index contributed by atoms with van der Waals surface area (Å²) in [6.45, 7) is 4.04. The first kappa shape index (κ1) is 21.9. The van der Waals surface area contributed by atoms with E-state index in [2.05, 4.69) is 10.4 Å². The molecule has 0 saturated heterocycles. The highest BCUT2D eigenvalue weighted by Gasteiger charge is 2.19. The maximum atomic E-state index is 13.3. The van der Waals surface area contributed by atoms with Gasteiger partial charge in [0.15, 0.2) is 0 Å². The zero-order valence-corrected chi connectivity index (χ0v) is 19.3. The summed E-state index contributed by atoms with van der Waals surface area (Å²) >= 11 is 12.3. The van der Waals surface area contributed by atoms with Crippen molar-refractivity contribution >= 4 is 34.8 Å². The lowest BCUT2D eigenvalue weighted by atomic mass is 10.1. The highest BCUT2D eigenvalue weighted by molar-refractivity contribution is 6.42. The van der Waals surface area contributed by atoms with Crippen LogP contribution in [-0.2, 0) is 0 Å². The molecular formula is C25H21Cl2N3O2. The number of nitrogens with zero attached hydrogens (tertiary/aromatic N) is 2. The molecule has 162 valence electrons. The number of anilines is 1. The monoisotopic (exact) mass is 465 g/mol. The molecule has 0 fully saturated rings. The number of aromatic nitrogens is 2. The maximum Gasteiger partial charge on any atom is 0.274 e. The summed E-state index contributed by atoms with van der Waals surface area (Å²) in [7, 11) is 1.61. The molecule has 0 unspecified atom stereocenters. The Labute approximate surface area is 196 Å². The third-order valence-corrected chi connectivity index (χ3v) is 5.98. The molecule has 0 spiro atoms. The van der Waals surface area contributed by atoms with Gasteiger partial charge in [-0.3, -0.25) is 4.79 Å². The fourth-order valence-corrected chi connectivity index (χ4v) is 3.57. The van der Waals surface area contributed by atoms with Gasteiger partial charge in [-0.05, 0) is 85.6 Å². The minimum absolute atomic E-state index is 0.286. The van der Waals surface area contributed by atoms with Crippen molar-refractivity contribution in [2.75, 3.05) is 12.4 Å². The standard InChI is InChI=1S/C25H21Cl2N3O2/c1-15-4-7-18(12-16(15)2)28-25(31)24-14-23(17-5-9-20(32-3)10-6-17)29-30(24)19-8-11-21(26)22(27)13-19/h4-14H,1-3H3,(H,28,31). The van der Waals surface area contributed by atoms with E-state index >= 15 is 0 Å². The molecule has 32 heavy (non-hydrogen) atoms. The van der Waals surface area contributed by atoms with Gasteiger partial charge in [0, 0.05) is 11.3 Å². The third-order valence-electron chi connectivity index (χ3n) is 5.24. The molecule has 0 aliphatic rings. The van der Waals surface area contributed by atoms with Gasteiger partial charge in [-0.1, -0.05) is 29.3 Å². The zero-order valence-electron chi connectivity index (χ0n) is 17.8. The average molecular weight is 466 g/mol. The number of methoxy groups -OCH3 is 1. The predicted octanol–water partition coefficient (Wildman–Crippen LogP) is 6.72. The Balaban J connectivity index is 1.77. The van der Waals surface area contributed by atoms with Crippen molar-refractivity contribution in [1.29, 1.82) is 0 Å². The van der Waals surface area contributed by atoms with Crippen LogP contribution in [0.3, 0.4) is 0 Å². The Hall–Kier alpha value is -3.28. The van der Waals surface area contributed by atoms with Crippen molar-refractivity contribution < 1.29 is 9.53 Å². The van der Waals surface area contributed by atoms with Gasteiger partial charge in [0.1, 0.15) is 11.4 Å². The molecule has 0 saturated carbocycles. The number of aryl methyl sites for hydroxylation is 2. The number of rotatable bonds is 5. The summed E-state index contributed by atoms with van der Waals surface area (Å²) in [5.74, 6) is 0.456. The lowest BCUT2D eigenvalue weighted by Crippen LogP contribution is -2.17. The lowest BCUT2D eigenvalue weighted by molar-refractivity contribution is 0.101. The van der Waals surface area contributed by atoms with Crippen LogP contribution in [0.15, 0.2) is 66.7 Å². The number of halogens is 2. The largest absolute Gasteiger partial charge is 0.497 e. The van der Waals surface area contributed by atoms with Crippen LogP contribution in [0.5, 0.6) is 5.75 Å². The first-order chi connectivity index (χ1) is 15.4. The highest BCUT2D eigenvalue weighted by Crippen LogP contribution is 2.28. The molecule has 1 N–H and O–H groups in total. The first-order valence-electron chi connectivity index (χ1n) is 9.94. The normalized spacial score (nSPS) is 10.8. The van der Waals surface area contributed by atoms with E-state index in [-0.39, 0.29) is 5.91 Å². The number of hydrogen-bond donors (Lipinski definition) is 1. The number of hydrogen-bond acceptors (Lipinski definition) is 3. The molecule has 1 heterocycles. The van der Waals surface area contributed by atoms with Crippen molar-refractivity contribution in [3.8, 4) is 22.7 Å². The van der Waals surface area contributed by atoms with Crippen molar-refractivity contribution in [3.05, 3.63) is 93.6 Å². The van der Waals surface area contributed by atoms with Gasteiger partial charge in [-0.15, -0.1) is 0 Å². The molecule has 4 aromatic rings. The second kappa shape index (κ2) is 9.07. The quantitative estimate of drug-likeness (QED) is 0.355. The van der Waals surface area contributed by atoms with Crippen molar-refractivity contribution in [2.45, 2.75) is 13.8 Å². The minimum Gasteiger partial charge on any atom is -0.497 e. The van der Waals surface area contributed by atoms with E-state index in [0.29, 0.717) is 32.8 Å². The molecule has 1 amide bonds. The topological polar surface area (TPSA) is 56.1 Å². The molecule has 0 aliphatic heterocycles. The lowest BCUT2D eigenvalue weighted by Gasteiger charge is -2.10. The van der Waals surface area contributed by atoms with Gasteiger partial charge in [0.25, 0.3) is 5.91 Å². The SMILES string of the molecule is COc1ccc(-c2cc(C(=O)Nc3ccc(C)c(C)c3)n(-c3ccc(Cl)c(Cl)c3)n2)cc1. The molecular weight excluding hydrogens is 445 g/mol. The number of benzene rings is 3. The predicted molar refractivity (Wildman–Crippen MR) is 129 cm³/mol. The summed E-state index contributed by atoms with van der Waals surface area (Å²) < 4.78 is 6.80. The molecule has 0 bridgehead atoms. The van der Waals surface area contributed by atoms with E-state index in [9.17, 15) is 4.79 Å². The molecule has 5 nitrogen and oxygen atoms in total. The fraction of sp³-hybridized carbons (Fsp3) is 0.120. The third kappa shape index (κ3) is 4.49. The highest BCUT2D eigenvalue weighted by atomic mass is 35.5. The van der Waals surface area contributed by atoms with Gasteiger partial charge < -0.3 is 10.1 Å². The summed E-state index contributed by atoms with van der Waals surface area (Å²) in [6.07, 6.45) is 0. The Morgan fingerprint density at radius 2 is 1.66 bits per heavy atom. The summed E-state index contributed by atoms with van der Waals surface area (Å²) in [6, 6.07) is 20.2. The molecule has 0 aliphatic carbocycles. The van der Waals surface area contributed by atoms with Gasteiger partial charge in [0.2, 0.25) is 0 Å². The number of nitrogens with one attached hydrogen (secondary N) is 1. The smallest absolute Gasteiger partial charge is 0.274 e. The zero-order chi connectivity index (χ0) is 22.8. The van der Waals surface area contributed by atoms with E-state index in [1.54, 1.807) is 36.1 Å². The molecule has 0 radical (unpaired) electrons. The van der Waals surface area contributed by atoms with Crippen LogP contribution in [0, 0.1) is 13.8 Å². The van der Waals surface area contributed by atoms with Gasteiger partial charge in [0.05, 0.1) is 28.5 Å². The van der Waals surface area contributed by atoms with Crippen molar-refractivity contribution in [3.63, 3.8) is 0 Å². The van der Waals surface area contributed by atoms with Crippen molar-refractivity contribution in [1.82, 2.24) is 9.78 Å². The summed E-state index contributed by atoms with van der Waals surface area (Å²) in [4.78, 5) is 13.3. The molecule has 3 aromatic carbocycles. The Morgan fingerprint density at radius 1 is 0.906 bits per heavy atom. The Kier molecular flexibility index (Phi) is 6.21. The van der Waals surface area contributed by atoms with Crippen LogP contribution >= 0.6 is 23.2 Å². The number of amides is 1. The second-order valence-corrected chi connectivity index (χ2v) is 8.22. The number of carbonyl (C=O) groups excluding carboxylic acids is 1. The van der Waals surface area contributed by atoms with E-state index in [1.165, 1.54) is 0 Å². The van der Waals surface area contributed by atoms with E-state index in [0.717, 1.165) is 22.4 Å². The molecule has 7 heteroatoms. The second-order valence-electron chi connectivity index (χ2n) is 7.41. The molecule has 0 atom stereocenters. The molecule has 1 aromatic heterocycles. The average Bonchev–Trinajstić information content (AvgIpc) is 3.24.